The highest BCUT2D eigenvalue weighted by atomic mass is 35.5. The van der Waals surface area contributed by atoms with Gasteiger partial charge in [0, 0.05) is 29.2 Å². The number of hydrogen-bond donors (Lipinski definition) is 1. The maximum Gasteiger partial charge on any atom is 0.337 e. The number of thioether (sulfide) groups is 1. The van der Waals surface area contributed by atoms with Crippen LogP contribution in [0.15, 0.2) is 82.8 Å². The topological polar surface area (TPSA) is 72.7 Å². The molecule has 1 aliphatic heterocycles. The van der Waals surface area contributed by atoms with Gasteiger partial charge in [0.05, 0.1) is 33.3 Å². The lowest BCUT2D eigenvalue weighted by atomic mass is 10.1. The van der Waals surface area contributed by atoms with Crippen molar-refractivity contribution in [1.29, 1.82) is 0 Å². The standard InChI is InChI=1S/C27H19Cl2N3O3S/c1-35-26(34)17-6-4-5-16(11-17)14-32-15-18(20-7-2-3-8-23(20)32)12-24-25(33)31-27(36-24)30-19-9-10-21(28)22(29)13-19/h2-13,15H,14H2,1H3,(H,30,31,33)/b24-12-. The first-order valence-electron chi connectivity index (χ1n) is 10.9. The van der Waals surface area contributed by atoms with Crippen molar-refractivity contribution in [2.45, 2.75) is 6.54 Å². The molecule has 1 aliphatic rings. The Kier molecular flexibility index (Phi) is 6.87. The van der Waals surface area contributed by atoms with Gasteiger partial charge in [-0.15, -0.1) is 0 Å². The van der Waals surface area contributed by atoms with Gasteiger partial charge in [0.1, 0.15) is 0 Å². The SMILES string of the molecule is COC(=O)c1cccc(Cn2cc(/C=C3\SC(=Nc4ccc(Cl)c(Cl)c4)NC3=O)c3ccccc32)c1. The third-order valence-electron chi connectivity index (χ3n) is 5.59. The monoisotopic (exact) mass is 535 g/mol. The Labute approximate surface area is 221 Å². The molecule has 0 spiro atoms. The van der Waals surface area contributed by atoms with Crippen molar-refractivity contribution in [2.24, 2.45) is 4.99 Å². The van der Waals surface area contributed by atoms with E-state index >= 15 is 0 Å². The Hall–Kier alpha value is -3.52. The number of rotatable bonds is 5. The number of nitrogens with one attached hydrogen (secondary N) is 1. The molecular formula is C27H19Cl2N3O3S. The van der Waals surface area contributed by atoms with Crippen LogP contribution in [0, 0.1) is 0 Å². The third kappa shape index (κ3) is 5.04. The van der Waals surface area contributed by atoms with Gasteiger partial charge in [0.25, 0.3) is 5.91 Å². The Morgan fingerprint density at radius 1 is 1.08 bits per heavy atom. The van der Waals surface area contributed by atoms with Gasteiger partial charge in [0.2, 0.25) is 0 Å². The summed E-state index contributed by atoms with van der Waals surface area (Å²) in [6.45, 7) is 0.553. The molecule has 1 aromatic heterocycles. The summed E-state index contributed by atoms with van der Waals surface area (Å²) in [5.74, 6) is -0.594. The molecule has 3 aromatic carbocycles. The number of carbonyl (C=O) groups excluding carboxylic acids is 2. The van der Waals surface area contributed by atoms with E-state index in [1.54, 1.807) is 24.3 Å². The van der Waals surface area contributed by atoms with Gasteiger partial charge >= 0.3 is 5.97 Å². The minimum atomic E-state index is -0.373. The number of aromatic nitrogens is 1. The van der Waals surface area contributed by atoms with E-state index in [4.69, 9.17) is 27.9 Å². The Balaban J connectivity index is 1.45. The molecule has 180 valence electrons. The normalized spacial score (nSPS) is 15.6. The molecule has 1 amide bonds. The maximum atomic E-state index is 12.7. The lowest BCUT2D eigenvalue weighted by Crippen LogP contribution is -2.19. The van der Waals surface area contributed by atoms with Gasteiger partial charge in [-0.2, -0.15) is 0 Å². The van der Waals surface area contributed by atoms with Crippen LogP contribution in [0.3, 0.4) is 0 Å². The van der Waals surface area contributed by atoms with E-state index in [2.05, 4.69) is 14.9 Å². The fourth-order valence-corrected chi connectivity index (χ4v) is 5.05. The molecule has 0 bridgehead atoms. The quantitative estimate of drug-likeness (QED) is 0.228. The van der Waals surface area contributed by atoms with E-state index in [-0.39, 0.29) is 11.9 Å². The molecule has 0 atom stereocenters. The number of esters is 1. The largest absolute Gasteiger partial charge is 0.465 e. The second-order valence-electron chi connectivity index (χ2n) is 8.00. The maximum absolute atomic E-state index is 12.7. The van der Waals surface area contributed by atoms with Crippen molar-refractivity contribution in [3.63, 3.8) is 0 Å². The molecule has 1 fully saturated rings. The second-order valence-corrected chi connectivity index (χ2v) is 9.85. The minimum absolute atomic E-state index is 0.221. The molecule has 5 rings (SSSR count). The summed E-state index contributed by atoms with van der Waals surface area (Å²) in [4.78, 5) is 29.6. The van der Waals surface area contributed by atoms with Gasteiger partial charge in [-0.25, -0.2) is 9.79 Å². The number of benzene rings is 3. The summed E-state index contributed by atoms with van der Waals surface area (Å²) < 4.78 is 6.94. The van der Waals surface area contributed by atoms with Crippen LogP contribution in [0.5, 0.6) is 0 Å². The second kappa shape index (κ2) is 10.2. The summed E-state index contributed by atoms with van der Waals surface area (Å²) in [6.07, 6.45) is 3.87. The first-order valence-corrected chi connectivity index (χ1v) is 12.5. The van der Waals surface area contributed by atoms with Crippen LogP contribution in [-0.2, 0) is 16.1 Å². The number of amidine groups is 1. The van der Waals surface area contributed by atoms with Crippen LogP contribution in [0.25, 0.3) is 17.0 Å². The van der Waals surface area contributed by atoms with E-state index in [0.717, 1.165) is 22.0 Å². The summed E-state index contributed by atoms with van der Waals surface area (Å²) >= 11 is 13.3. The van der Waals surface area contributed by atoms with E-state index in [9.17, 15) is 9.59 Å². The minimum Gasteiger partial charge on any atom is -0.465 e. The highest BCUT2D eigenvalue weighted by Gasteiger charge is 2.24. The van der Waals surface area contributed by atoms with Crippen molar-refractivity contribution in [3.05, 3.63) is 105 Å². The van der Waals surface area contributed by atoms with Gasteiger partial charge < -0.3 is 14.6 Å². The number of hydrogen-bond acceptors (Lipinski definition) is 5. The molecule has 0 radical (unpaired) electrons. The number of fused-ring (bicyclic) bond motifs is 1. The zero-order valence-corrected chi connectivity index (χ0v) is 21.3. The Morgan fingerprint density at radius 2 is 1.92 bits per heavy atom. The van der Waals surface area contributed by atoms with Crippen LogP contribution in [-0.4, -0.2) is 28.7 Å². The van der Waals surface area contributed by atoms with Gasteiger partial charge in [-0.05, 0) is 59.8 Å². The lowest BCUT2D eigenvalue weighted by Gasteiger charge is -2.07. The van der Waals surface area contributed by atoms with Crippen molar-refractivity contribution < 1.29 is 14.3 Å². The summed E-state index contributed by atoms with van der Waals surface area (Å²) in [6, 6.07) is 20.4. The summed E-state index contributed by atoms with van der Waals surface area (Å²) in [5.41, 5.74) is 3.98. The van der Waals surface area contributed by atoms with E-state index in [0.29, 0.717) is 37.9 Å². The van der Waals surface area contributed by atoms with Crippen molar-refractivity contribution >= 4 is 74.7 Å². The predicted molar refractivity (Wildman–Crippen MR) is 146 cm³/mol. The van der Waals surface area contributed by atoms with Crippen LogP contribution in [0.4, 0.5) is 5.69 Å². The first-order chi connectivity index (χ1) is 17.4. The lowest BCUT2D eigenvalue weighted by molar-refractivity contribution is -0.115. The highest BCUT2D eigenvalue weighted by molar-refractivity contribution is 8.18. The highest BCUT2D eigenvalue weighted by Crippen LogP contribution is 2.33. The van der Waals surface area contributed by atoms with Crippen molar-refractivity contribution in [1.82, 2.24) is 9.88 Å². The predicted octanol–water partition coefficient (Wildman–Crippen LogP) is 6.67. The number of halogens is 2. The van der Waals surface area contributed by atoms with Crippen LogP contribution < -0.4 is 5.32 Å². The first kappa shape index (κ1) is 24.2. The average Bonchev–Trinajstić information content (AvgIpc) is 3.40. The molecule has 36 heavy (non-hydrogen) atoms. The van der Waals surface area contributed by atoms with Crippen LogP contribution >= 0.6 is 35.0 Å². The zero-order valence-electron chi connectivity index (χ0n) is 19.0. The van der Waals surface area contributed by atoms with Crippen molar-refractivity contribution in [3.8, 4) is 0 Å². The molecular weight excluding hydrogens is 517 g/mol. The fraction of sp³-hybridized carbons (Fsp3) is 0.0741. The number of nitrogens with zero attached hydrogens (tertiary/aromatic N) is 2. The molecule has 0 unspecified atom stereocenters. The fourth-order valence-electron chi connectivity index (χ4n) is 3.93. The van der Waals surface area contributed by atoms with Gasteiger partial charge in [-0.3, -0.25) is 4.79 Å². The van der Waals surface area contributed by atoms with E-state index in [1.807, 2.05) is 54.7 Å². The number of para-hydroxylation sites is 1. The van der Waals surface area contributed by atoms with Gasteiger partial charge in [0.15, 0.2) is 5.17 Å². The number of carbonyl (C=O) groups is 2. The molecule has 2 heterocycles. The van der Waals surface area contributed by atoms with Crippen LogP contribution in [0.1, 0.15) is 21.5 Å². The number of aliphatic imine (C=N–C) groups is 1. The molecule has 0 aliphatic carbocycles. The van der Waals surface area contributed by atoms with E-state index < -0.39 is 0 Å². The summed E-state index contributed by atoms with van der Waals surface area (Å²) in [7, 11) is 1.37. The molecule has 6 nitrogen and oxygen atoms in total. The van der Waals surface area contributed by atoms with Crippen LogP contribution in [0.2, 0.25) is 10.0 Å². The smallest absolute Gasteiger partial charge is 0.337 e. The van der Waals surface area contributed by atoms with E-state index in [1.165, 1.54) is 18.9 Å². The molecule has 9 heteroatoms. The average molecular weight is 536 g/mol. The zero-order chi connectivity index (χ0) is 25.2. The summed E-state index contributed by atoms with van der Waals surface area (Å²) in [5, 5.41) is 5.12. The number of ether oxygens (including phenoxy) is 1. The third-order valence-corrected chi connectivity index (χ3v) is 7.24. The Morgan fingerprint density at radius 3 is 2.72 bits per heavy atom. The number of amides is 1. The van der Waals surface area contributed by atoms with Crippen molar-refractivity contribution in [2.75, 3.05) is 7.11 Å². The molecule has 4 aromatic rings. The Bertz CT molecular complexity index is 1580. The van der Waals surface area contributed by atoms with Gasteiger partial charge in [-0.1, -0.05) is 53.5 Å². The molecule has 1 saturated heterocycles. The molecule has 1 N–H and O–H groups in total. The number of methoxy groups -OCH3 is 1. The molecule has 0 saturated carbocycles.